The van der Waals surface area contributed by atoms with E-state index in [4.69, 9.17) is 9.84 Å². The molecule has 120 valence electrons. The van der Waals surface area contributed by atoms with Crippen LogP contribution in [0.4, 0.5) is 4.39 Å². The number of halogens is 1. The van der Waals surface area contributed by atoms with Crippen molar-refractivity contribution in [1.82, 2.24) is 10.3 Å². The predicted molar refractivity (Wildman–Crippen MR) is 80.0 cm³/mol. The average Bonchev–Trinajstić information content (AvgIpc) is 2.54. The summed E-state index contributed by atoms with van der Waals surface area (Å²) in [7, 11) is 1.37. The van der Waals surface area contributed by atoms with Crippen molar-refractivity contribution in [2.24, 2.45) is 0 Å². The Labute approximate surface area is 131 Å². The molecule has 1 atom stereocenters. The molecule has 23 heavy (non-hydrogen) atoms. The van der Waals surface area contributed by atoms with Crippen LogP contribution < -0.4 is 10.1 Å². The van der Waals surface area contributed by atoms with E-state index in [9.17, 15) is 14.0 Å². The van der Waals surface area contributed by atoms with Crippen molar-refractivity contribution in [1.29, 1.82) is 0 Å². The van der Waals surface area contributed by atoms with E-state index in [-0.39, 0.29) is 17.0 Å². The van der Waals surface area contributed by atoms with Crippen molar-refractivity contribution in [2.45, 2.75) is 13.0 Å². The van der Waals surface area contributed by atoms with Crippen LogP contribution in [0.3, 0.4) is 0 Å². The number of nitrogens with zero attached hydrogens (tertiary/aromatic N) is 1. The second-order valence-corrected chi connectivity index (χ2v) is 4.82. The van der Waals surface area contributed by atoms with Crippen molar-refractivity contribution in [3.63, 3.8) is 0 Å². The minimum absolute atomic E-state index is 0.118. The van der Waals surface area contributed by atoms with Gasteiger partial charge in [0.05, 0.1) is 13.2 Å². The first-order valence-corrected chi connectivity index (χ1v) is 6.76. The summed E-state index contributed by atoms with van der Waals surface area (Å²) < 4.78 is 18.5. The highest BCUT2D eigenvalue weighted by Crippen LogP contribution is 2.22. The number of hydrogen-bond donors (Lipinski definition) is 2. The number of carboxylic acids is 1. The molecular weight excluding hydrogens is 303 g/mol. The molecule has 2 N–H and O–H groups in total. The van der Waals surface area contributed by atoms with Crippen LogP contribution in [-0.4, -0.2) is 29.1 Å². The van der Waals surface area contributed by atoms with Crippen LogP contribution in [0.15, 0.2) is 36.5 Å². The zero-order valence-corrected chi connectivity index (χ0v) is 12.5. The number of carbonyl (C=O) groups excluding carboxylic acids is 1. The van der Waals surface area contributed by atoms with Gasteiger partial charge in [-0.15, -0.1) is 0 Å². The second kappa shape index (κ2) is 6.87. The minimum atomic E-state index is -1.22. The normalized spacial score (nSPS) is 11.6. The van der Waals surface area contributed by atoms with Gasteiger partial charge in [0.15, 0.2) is 11.6 Å². The number of carboxylic acid groups (broad SMARTS) is 1. The van der Waals surface area contributed by atoms with Crippen molar-refractivity contribution >= 4 is 11.9 Å². The number of carbonyl (C=O) groups is 2. The van der Waals surface area contributed by atoms with Crippen LogP contribution >= 0.6 is 0 Å². The topological polar surface area (TPSA) is 88.5 Å². The van der Waals surface area contributed by atoms with Gasteiger partial charge in [-0.05, 0) is 36.8 Å². The third kappa shape index (κ3) is 3.82. The summed E-state index contributed by atoms with van der Waals surface area (Å²) in [6.07, 6.45) is 1.25. The molecule has 0 bridgehead atoms. The summed E-state index contributed by atoms with van der Waals surface area (Å²) in [5, 5.41) is 11.6. The summed E-state index contributed by atoms with van der Waals surface area (Å²) >= 11 is 0. The highest BCUT2D eigenvalue weighted by molar-refractivity contribution is 5.96. The third-order valence-corrected chi connectivity index (χ3v) is 3.26. The van der Waals surface area contributed by atoms with E-state index in [1.807, 2.05) is 0 Å². The fourth-order valence-electron chi connectivity index (χ4n) is 2.00. The number of nitrogens with one attached hydrogen (secondary N) is 1. The van der Waals surface area contributed by atoms with E-state index in [0.717, 1.165) is 0 Å². The lowest BCUT2D eigenvalue weighted by Crippen LogP contribution is -2.27. The van der Waals surface area contributed by atoms with Crippen LogP contribution in [0.5, 0.6) is 5.75 Å². The Hall–Kier alpha value is -2.96. The van der Waals surface area contributed by atoms with Gasteiger partial charge in [-0.2, -0.15) is 0 Å². The van der Waals surface area contributed by atoms with Crippen LogP contribution in [-0.2, 0) is 0 Å². The van der Waals surface area contributed by atoms with Gasteiger partial charge in [-0.25, -0.2) is 14.2 Å². The van der Waals surface area contributed by atoms with Crippen molar-refractivity contribution in [2.75, 3.05) is 7.11 Å². The first-order chi connectivity index (χ1) is 10.9. The van der Waals surface area contributed by atoms with E-state index in [1.165, 1.54) is 37.6 Å². The van der Waals surface area contributed by atoms with Gasteiger partial charge in [0.2, 0.25) is 0 Å². The van der Waals surface area contributed by atoms with Gasteiger partial charge in [0, 0.05) is 11.8 Å². The Kier molecular flexibility index (Phi) is 4.90. The van der Waals surface area contributed by atoms with E-state index in [1.54, 1.807) is 13.0 Å². The second-order valence-electron chi connectivity index (χ2n) is 4.82. The fourth-order valence-corrected chi connectivity index (χ4v) is 2.00. The Balaban J connectivity index is 2.15. The lowest BCUT2D eigenvalue weighted by Gasteiger charge is -2.15. The van der Waals surface area contributed by atoms with Crippen LogP contribution in [0, 0.1) is 5.82 Å². The SMILES string of the molecule is COc1ccc(C(C)NC(=O)c2ccnc(C(=O)O)c2)cc1F. The predicted octanol–water partition coefficient (Wildman–Crippen LogP) is 2.42. The molecule has 2 aromatic rings. The summed E-state index contributed by atoms with van der Waals surface area (Å²) in [4.78, 5) is 26.7. The Morgan fingerprint density at radius 1 is 1.30 bits per heavy atom. The third-order valence-electron chi connectivity index (χ3n) is 3.26. The van der Waals surface area contributed by atoms with Gasteiger partial charge in [-0.1, -0.05) is 6.07 Å². The van der Waals surface area contributed by atoms with Crippen LogP contribution in [0.2, 0.25) is 0 Å². The smallest absolute Gasteiger partial charge is 0.354 e. The van der Waals surface area contributed by atoms with Crippen LogP contribution in [0.1, 0.15) is 39.4 Å². The number of rotatable bonds is 5. The lowest BCUT2D eigenvalue weighted by atomic mass is 10.1. The van der Waals surface area contributed by atoms with Crippen molar-refractivity contribution < 1.29 is 23.8 Å². The summed E-state index contributed by atoms with van der Waals surface area (Å²) in [6, 6.07) is 6.51. The molecule has 1 amide bonds. The molecule has 1 heterocycles. The number of benzene rings is 1. The molecule has 1 aromatic carbocycles. The maximum Gasteiger partial charge on any atom is 0.354 e. The van der Waals surface area contributed by atoms with E-state index >= 15 is 0 Å². The van der Waals surface area contributed by atoms with E-state index < -0.39 is 23.7 Å². The minimum Gasteiger partial charge on any atom is -0.494 e. The molecular formula is C16H15FN2O4. The number of ether oxygens (including phenoxy) is 1. The Morgan fingerprint density at radius 3 is 2.65 bits per heavy atom. The number of methoxy groups -OCH3 is 1. The Morgan fingerprint density at radius 2 is 2.04 bits per heavy atom. The van der Waals surface area contributed by atoms with E-state index in [0.29, 0.717) is 5.56 Å². The zero-order valence-electron chi connectivity index (χ0n) is 12.5. The number of hydrogen-bond acceptors (Lipinski definition) is 4. The molecule has 6 nitrogen and oxygen atoms in total. The van der Waals surface area contributed by atoms with Gasteiger partial charge in [0.1, 0.15) is 5.69 Å². The molecule has 0 saturated carbocycles. The Bertz CT molecular complexity index is 749. The molecule has 0 fully saturated rings. The summed E-state index contributed by atoms with van der Waals surface area (Å²) in [5.41, 5.74) is 0.503. The van der Waals surface area contributed by atoms with Crippen LogP contribution in [0.25, 0.3) is 0 Å². The number of pyridine rings is 1. The number of aromatic nitrogens is 1. The maximum atomic E-state index is 13.7. The molecule has 0 saturated heterocycles. The molecule has 7 heteroatoms. The summed E-state index contributed by atoms with van der Waals surface area (Å²) in [6.45, 7) is 1.69. The molecule has 0 aliphatic rings. The molecule has 1 aromatic heterocycles. The van der Waals surface area contributed by atoms with Gasteiger partial charge >= 0.3 is 5.97 Å². The van der Waals surface area contributed by atoms with Gasteiger partial charge in [0.25, 0.3) is 5.91 Å². The van der Waals surface area contributed by atoms with Gasteiger partial charge < -0.3 is 15.2 Å². The molecule has 0 radical (unpaired) electrons. The highest BCUT2D eigenvalue weighted by Gasteiger charge is 2.15. The monoisotopic (exact) mass is 318 g/mol. The molecule has 0 spiro atoms. The lowest BCUT2D eigenvalue weighted by molar-refractivity contribution is 0.0690. The largest absolute Gasteiger partial charge is 0.494 e. The zero-order chi connectivity index (χ0) is 17.0. The van der Waals surface area contributed by atoms with E-state index in [2.05, 4.69) is 10.3 Å². The van der Waals surface area contributed by atoms with Crippen molar-refractivity contribution in [3.05, 3.63) is 59.2 Å². The molecule has 2 rings (SSSR count). The number of aromatic carboxylic acids is 1. The quantitative estimate of drug-likeness (QED) is 0.884. The summed E-state index contributed by atoms with van der Waals surface area (Å²) in [5.74, 6) is -2.10. The molecule has 0 aliphatic heterocycles. The molecule has 0 aliphatic carbocycles. The first-order valence-electron chi connectivity index (χ1n) is 6.76. The average molecular weight is 318 g/mol. The maximum absolute atomic E-state index is 13.7. The highest BCUT2D eigenvalue weighted by atomic mass is 19.1. The number of amides is 1. The van der Waals surface area contributed by atoms with Crippen molar-refractivity contribution in [3.8, 4) is 5.75 Å². The van der Waals surface area contributed by atoms with Gasteiger partial charge in [-0.3, -0.25) is 4.79 Å². The molecule has 1 unspecified atom stereocenters. The standard InChI is InChI=1S/C16H15FN2O4/c1-9(10-3-4-14(23-2)12(17)7-10)19-15(20)11-5-6-18-13(8-11)16(21)22/h3-9H,1-2H3,(H,19,20)(H,21,22). The fraction of sp³-hybridized carbons (Fsp3) is 0.188. The first kappa shape index (κ1) is 16.4.